The largest absolute Gasteiger partial charge is 0.466 e. The Hall–Kier alpha value is -2.18. The first kappa shape index (κ1) is 57.8. The third-order valence-electron chi connectivity index (χ3n) is 11.5. The molecule has 0 aliphatic carbocycles. The topological polar surface area (TPSA) is 95.9 Å². The quantitative estimate of drug-likeness (QED) is 0.0322. The molecule has 0 saturated heterocycles. The SMILES string of the molecule is CCC/C=C\C/C=C\CCCCCCCC(=O)OCCCCCCCCCCC/C=C\CCCCCCCC(=O)NC(CO)C(O)/C=C/CCCCCCCCCCCC. The van der Waals surface area contributed by atoms with Crippen LogP contribution in [0, 0.1) is 0 Å². The summed E-state index contributed by atoms with van der Waals surface area (Å²) < 4.78 is 5.45. The van der Waals surface area contributed by atoms with Gasteiger partial charge in [-0.15, -0.1) is 0 Å². The fraction of sp³-hybridized carbons (Fsp3) is 0.815. The van der Waals surface area contributed by atoms with E-state index in [1.54, 1.807) is 6.08 Å². The standard InChI is InChI=1S/C54H99NO5/c1-3-5-7-9-11-13-15-23-28-32-36-40-44-48-54(59)60-49-45-41-37-33-29-25-22-20-18-17-19-21-24-27-31-35-39-43-47-53(58)55-51(50-56)52(57)46-42-38-34-30-26-16-14-12-10-8-6-4-2/h7,9,13,15,19,21,42,46,51-52,56-57H,3-6,8,10-12,14,16-18,20,22-41,43-45,47-50H2,1-2H3,(H,55,58)/b9-7-,15-13-,21-19-,46-42+. The summed E-state index contributed by atoms with van der Waals surface area (Å²) in [6, 6.07) is -0.638. The van der Waals surface area contributed by atoms with Gasteiger partial charge in [0.2, 0.25) is 5.91 Å². The predicted octanol–water partition coefficient (Wildman–Crippen LogP) is 15.5. The van der Waals surface area contributed by atoms with Crippen molar-refractivity contribution in [2.75, 3.05) is 13.2 Å². The molecule has 350 valence electrons. The second kappa shape index (κ2) is 49.5. The predicted molar refractivity (Wildman–Crippen MR) is 259 cm³/mol. The van der Waals surface area contributed by atoms with E-state index in [0.29, 0.717) is 19.4 Å². The van der Waals surface area contributed by atoms with Gasteiger partial charge in [-0.2, -0.15) is 0 Å². The highest BCUT2D eigenvalue weighted by molar-refractivity contribution is 5.76. The van der Waals surface area contributed by atoms with Gasteiger partial charge in [0.05, 0.1) is 25.4 Å². The molecular weight excluding hydrogens is 743 g/mol. The highest BCUT2D eigenvalue weighted by Crippen LogP contribution is 2.14. The normalized spacial score (nSPS) is 13.1. The van der Waals surface area contributed by atoms with E-state index in [-0.39, 0.29) is 18.5 Å². The van der Waals surface area contributed by atoms with Crippen LogP contribution < -0.4 is 5.32 Å². The third-order valence-corrected chi connectivity index (χ3v) is 11.5. The van der Waals surface area contributed by atoms with Gasteiger partial charge < -0.3 is 20.3 Å². The van der Waals surface area contributed by atoms with E-state index in [1.165, 1.54) is 161 Å². The molecule has 3 N–H and O–H groups in total. The summed E-state index contributed by atoms with van der Waals surface area (Å²) in [7, 11) is 0. The minimum atomic E-state index is -0.853. The number of hydrogen-bond acceptors (Lipinski definition) is 5. The molecule has 0 aliphatic heterocycles. The number of aliphatic hydroxyl groups excluding tert-OH is 2. The number of carbonyl (C=O) groups is 2. The molecule has 0 aromatic heterocycles. The fourth-order valence-electron chi connectivity index (χ4n) is 7.55. The van der Waals surface area contributed by atoms with Crippen molar-refractivity contribution in [2.24, 2.45) is 0 Å². The van der Waals surface area contributed by atoms with Gasteiger partial charge in [-0.3, -0.25) is 9.59 Å². The van der Waals surface area contributed by atoms with E-state index in [1.807, 2.05) is 6.08 Å². The van der Waals surface area contributed by atoms with Gasteiger partial charge in [0.15, 0.2) is 0 Å². The fourth-order valence-corrected chi connectivity index (χ4v) is 7.55. The van der Waals surface area contributed by atoms with Crippen LogP contribution in [0.5, 0.6) is 0 Å². The number of aliphatic hydroxyl groups is 2. The smallest absolute Gasteiger partial charge is 0.305 e. The van der Waals surface area contributed by atoms with E-state index in [4.69, 9.17) is 4.74 Å². The number of amides is 1. The summed E-state index contributed by atoms with van der Waals surface area (Å²) in [5.74, 6) is -0.0992. The zero-order chi connectivity index (χ0) is 43.7. The highest BCUT2D eigenvalue weighted by atomic mass is 16.5. The van der Waals surface area contributed by atoms with Crippen molar-refractivity contribution in [3.8, 4) is 0 Å². The van der Waals surface area contributed by atoms with Crippen molar-refractivity contribution in [1.82, 2.24) is 5.32 Å². The molecule has 6 heteroatoms. The number of allylic oxidation sites excluding steroid dienone is 7. The molecule has 0 fully saturated rings. The number of nitrogens with one attached hydrogen (secondary N) is 1. The molecule has 0 rings (SSSR count). The molecule has 0 aromatic rings. The minimum absolute atomic E-state index is 0.0143. The van der Waals surface area contributed by atoms with Crippen molar-refractivity contribution in [3.05, 3.63) is 48.6 Å². The summed E-state index contributed by atoms with van der Waals surface area (Å²) in [6.45, 7) is 4.80. The molecule has 6 nitrogen and oxygen atoms in total. The average molecular weight is 842 g/mol. The maximum atomic E-state index is 12.4. The van der Waals surface area contributed by atoms with Gasteiger partial charge in [-0.05, 0) is 83.5 Å². The molecule has 0 heterocycles. The summed E-state index contributed by atoms with van der Waals surface area (Å²) in [5.41, 5.74) is 0. The Labute approximate surface area is 372 Å². The van der Waals surface area contributed by atoms with E-state index >= 15 is 0 Å². The van der Waals surface area contributed by atoms with Crippen LogP contribution in [0.1, 0.15) is 258 Å². The third kappa shape index (κ3) is 45.3. The van der Waals surface area contributed by atoms with Crippen LogP contribution in [0.15, 0.2) is 48.6 Å². The van der Waals surface area contributed by atoms with E-state index in [9.17, 15) is 19.8 Å². The monoisotopic (exact) mass is 842 g/mol. The summed E-state index contributed by atoms with van der Waals surface area (Å²) >= 11 is 0. The van der Waals surface area contributed by atoms with Crippen LogP contribution in [0.4, 0.5) is 0 Å². The molecule has 0 bridgehead atoms. The van der Waals surface area contributed by atoms with E-state index < -0.39 is 12.1 Å². The first-order chi connectivity index (χ1) is 29.5. The van der Waals surface area contributed by atoms with E-state index in [2.05, 4.69) is 55.6 Å². The molecule has 0 saturated carbocycles. The van der Waals surface area contributed by atoms with Crippen LogP contribution in [0.2, 0.25) is 0 Å². The Kier molecular flexibility index (Phi) is 47.7. The van der Waals surface area contributed by atoms with E-state index in [0.717, 1.165) is 70.6 Å². The van der Waals surface area contributed by atoms with Crippen LogP contribution in [0.25, 0.3) is 0 Å². The lowest BCUT2D eigenvalue weighted by molar-refractivity contribution is -0.143. The van der Waals surface area contributed by atoms with Crippen molar-refractivity contribution in [2.45, 2.75) is 270 Å². The molecule has 60 heavy (non-hydrogen) atoms. The number of ether oxygens (including phenoxy) is 1. The van der Waals surface area contributed by atoms with Crippen molar-refractivity contribution in [3.63, 3.8) is 0 Å². The van der Waals surface area contributed by atoms with Crippen LogP contribution >= 0.6 is 0 Å². The van der Waals surface area contributed by atoms with Gasteiger partial charge in [0.1, 0.15) is 0 Å². The zero-order valence-electron chi connectivity index (χ0n) is 39.7. The Bertz CT molecular complexity index is 1020. The Balaban J connectivity index is 3.49. The van der Waals surface area contributed by atoms with Crippen LogP contribution in [-0.4, -0.2) is 47.4 Å². The lowest BCUT2D eigenvalue weighted by atomic mass is 10.1. The molecule has 0 aliphatic rings. The zero-order valence-corrected chi connectivity index (χ0v) is 39.7. The number of rotatable bonds is 47. The Morgan fingerprint density at radius 1 is 0.467 bits per heavy atom. The molecule has 0 radical (unpaired) electrons. The molecule has 2 unspecified atom stereocenters. The molecule has 1 amide bonds. The van der Waals surface area contributed by atoms with Gasteiger partial charge in [0, 0.05) is 12.8 Å². The van der Waals surface area contributed by atoms with Crippen molar-refractivity contribution < 1.29 is 24.5 Å². The second-order valence-corrected chi connectivity index (χ2v) is 17.5. The maximum Gasteiger partial charge on any atom is 0.305 e. The number of unbranched alkanes of at least 4 members (excludes halogenated alkanes) is 30. The molecule has 0 aromatic carbocycles. The van der Waals surface area contributed by atoms with Crippen molar-refractivity contribution in [1.29, 1.82) is 0 Å². The lowest BCUT2D eigenvalue weighted by Gasteiger charge is -2.20. The molecular formula is C54H99NO5. The van der Waals surface area contributed by atoms with Crippen LogP contribution in [0.3, 0.4) is 0 Å². The Morgan fingerprint density at radius 2 is 0.867 bits per heavy atom. The van der Waals surface area contributed by atoms with Gasteiger partial charge in [0.25, 0.3) is 0 Å². The average Bonchev–Trinajstić information content (AvgIpc) is 3.25. The lowest BCUT2D eigenvalue weighted by Crippen LogP contribution is -2.45. The number of esters is 1. The first-order valence-electron chi connectivity index (χ1n) is 25.9. The molecule has 0 spiro atoms. The Morgan fingerprint density at radius 3 is 1.35 bits per heavy atom. The summed E-state index contributed by atoms with van der Waals surface area (Å²) in [4.78, 5) is 24.4. The van der Waals surface area contributed by atoms with Gasteiger partial charge >= 0.3 is 5.97 Å². The summed E-state index contributed by atoms with van der Waals surface area (Å²) in [6.07, 6.45) is 61.1. The summed E-state index contributed by atoms with van der Waals surface area (Å²) in [5, 5.41) is 23.0. The number of carbonyl (C=O) groups excluding carboxylic acids is 2. The number of hydrogen-bond donors (Lipinski definition) is 3. The minimum Gasteiger partial charge on any atom is -0.466 e. The molecule has 2 atom stereocenters. The first-order valence-corrected chi connectivity index (χ1v) is 25.9. The van der Waals surface area contributed by atoms with Crippen molar-refractivity contribution >= 4 is 11.9 Å². The maximum absolute atomic E-state index is 12.4. The van der Waals surface area contributed by atoms with Gasteiger partial charge in [-0.1, -0.05) is 210 Å². The highest BCUT2D eigenvalue weighted by Gasteiger charge is 2.18. The second-order valence-electron chi connectivity index (χ2n) is 17.5. The van der Waals surface area contributed by atoms with Crippen LogP contribution in [-0.2, 0) is 14.3 Å². The van der Waals surface area contributed by atoms with Gasteiger partial charge in [-0.25, -0.2) is 0 Å².